The van der Waals surface area contributed by atoms with Gasteiger partial charge in [-0.3, -0.25) is 0 Å². The zero-order valence-electron chi connectivity index (χ0n) is 11.0. The summed E-state index contributed by atoms with van der Waals surface area (Å²) in [6, 6.07) is 18.5. The third-order valence-electron chi connectivity index (χ3n) is 2.90. The Labute approximate surface area is 122 Å². The molecule has 1 atom stereocenters. The molecule has 2 aromatic carbocycles. The molecule has 0 spiro atoms. The molecule has 2 nitrogen and oxygen atoms in total. The Morgan fingerprint density at radius 3 is 2.58 bits per heavy atom. The maximum Gasteiger partial charge on any atom is 0.0954 e. The van der Waals surface area contributed by atoms with Crippen molar-refractivity contribution in [2.45, 2.75) is 12.7 Å². The number of halogens is 1. The van der Waals surface area contributed by atoms with Crippen LogP contribution in [0.25, 0.3) is 0 Å². The van der Waals surface area contributed by atoms with Crippen molar-refractivity contribution in [3.8, 4) is 0 Å². The first-order valence-corrected chi connectivity index (χ1v) is 7.14. The van der Waals surface area contributed by atoms with E-state index in [0.29, 0.717) is 6.61 Å². The Hall–Kier alpha value is -1.16. The average Bonchev–Trinajstić information content (AvgIpc) is 2.44. The van der Waals surface area contributed by atoms with Crippen LogP contribution in [0.2, 0.25) is 0 Å². The van der Waals surface area contributed by atoms with E-state index in [2.05, 4.69) is 45.5 Å². The highest BCUT2D eigenvalue weighted by Crippen LogP contribution is 2.22. The van der Waals surface area contributed by atoms with Gasteiger partial charge in [0, 0.05) is 11.0 Å². The molecule has 0 aliphatic heterocycles. The van der Waals surface area contributed by atoms with Gasteiger partial charge >= 0.3 is 0 Å². The lowest BCUT2D eigenvalue weighted by Crippen LogP contribution is -2.19. The van der Waals surface area contributed by atoms with Gasteiger partial charge in [0.05, 0.1) is 12.7 Å². The molecule has 0 radical (unpaired) electrons. The lowest BCUT2D eigenvalue weighted by atomic mass is 10.1. The molecule has 2 rings (SSSR count). The van der Waals surface area contributed by atoms with Gasteiger partial charge in [0.25, 0.3) is 0 Å². The van der Waals surface area contributed by atoms with Gasteiger partial charge in [0.15, 0.2) is 0 Å². The predicted molar refractivity (Wildman–Crippen MR) is 82.0 cm³/mol. The number of nitrogens with one attached hydrogen (secondary N) is 1. The van der Waals surface area contributed by atoms with Crippen LogP contribution in [-0.4, -0.2) is 13.6 Å². The van der Waals surface area contributed by atoms with Crippen LogP contribution >= 0.6 is 15.9 Å². The van der Waals surface area contributed by atoms with Crippen LogP contribution in [0.4, 0.5) is 0 Å². The lowest BCUT2D eigenvalue weighted by Gasteiger charge is -2.18. The number of rotatable bonds is 6. The van der Waals surface area contributed by atoms with E-state index in [1.807, 2.05) is 37.4 Å². The van der Waals surface area contributed by atoms with Crippen molar-refractivity contribution in [3.63, 3.8) is 0 Å². The highest BCUT2D eigenvalue weighted by Gasteiger charge is 2.11. The summed E-state index contributed by atoms with van der Waals surface area (Å²) in [6.07, 6.45) is 0.0581. The Morgan fingerprint density at radius 1 is 1.11 bits per heavy atom. The van der Waals surface area contributed by atoms with Crippen molar-refractivity contribution in [2.75, 3.05) is 13.6 Å². The number of ether oxygens (including phenoxy) is 1. The van der Waals surface area contributed by atoms with Crippen LogP contribution in [0.1, 0.15) is 17.2 Å². The molecule has 2 aromatic rings. The second kappa shape index (κ2) is 7.43. The summed E-state index contributed by atoms with van der Waals surface area (Å²) < 4.78 is 7.10. The third kappa shape index (κ3) is 4.46. The molecule has 1 N–H and O–H groups in total. The van der Waals surface area contributed by atoms with Crippen LogP contribution < -0.4 is 5.32 Å². The van der Waals surface area contributed by atoms with E-state index in [-0.39, 0.29) is 6.10 Å². The summed E-state index contributed by atoms with van der Waals surface area (Å²) >= 11 is 3.50. The van der Waals surface area contributed by atoms with Gasteiger partial charge < -0.3 is 10.1 Å². The summed E-state index contributed by atoms with van der Waals surface area (Å²) in [6.45, 7) is 1.42. The number of likely N-dealkylation sites (N-methyl/N-ethyl adjacent to an activating group) is 1. The first kappa shape index (κ1) is 14.3. The maximum absolute atomic E-state index is 6.03. The largest absolute Gasteiger partial charge is 0.368 e. The van der Waals surface area contributed by atoms with Crippen molar-refractivity contribution in [2.24, 2.45) is 0 Å². The normalized spacial score (nSPS) is 12.3. The summed E-state index contributed by atoms with van der Waals surface area (Å²) in [7, 11) is 1.94. The van der Waals surface area contributed by atoms with E-state index in [4.69, 9.17) is 4.74 Å². The molecule has 0 saturated carbocycles. The minimum Gasteiger partial charge on any atom is -0.368 e. The third-order valence-corrected chi connectivity index (χ3v) is 3.40. The first-order chi connectivity index (χ1) is 9.29. The first-order valence-electron chi connectivity index (χ1n) is 6.35. The average molecular weight is 320 g/mol. The molecule has 100 valence electrons. The molecule has 0 aliphatic rings. The number of benzene rings is 2. The minimum absolute atomic E-state index is 0.0581. The molecule has 0 heterocycles. The van der Waals surface area contributed by atoms with Gasteiger partial charge in [-0.05, 0) is 30.3 Å². The highest BCUT2D eigenvalue weighted by atomic mass is 79.9. The van der Waals surface area contributed by atoms with Gasteiger partial charge in [0.2, 0.25) is 0 Å². The monoisotopic (exact) mass is 319 g/mol. The fraction of sp³-hybridized carbons (Fsp3) is 0.250. The molecule has 0 fully saturated rings. The molecular weight excluding hydrogens is 302 g/mol. The molecule has 0 aliphatic carbocycles. The molecule has 0 bridgehead atoms. The Balaban J connectivity index is 2.04. The van der Waals surface area contributed by atoms with E-state index in [0.717, 1.165) is 11.0 Å². The van der Waals surface area contributed by atoms with Crippen molar-refractivity contribution < 1.29 is 4.74 Å². The van der Waals surface area contributed by atoms with Crippen LogP contribution in [0, 0.1) is 0 Å². The second-order valence-electron chi connectivity index (χ2n) is 4.40. The summed E-state index contributed by atoms with van der Waals surface area (Å²) in [4.78, 5) is 0. The summed E-state index contributed by atoms with van der Waals surface area (Å²) in [5.41, 5.74) is 2.37. The van der Waals surface area contributed by atoms with Gasteiger partial charge in [-0.15, -0.1) is 0 Å². The van der Waals surface area contributed by atoms with Crippen LogP contribution in [0.5, 0.6) is 0 Å². The molecule has 1 unspecified atom stereocenters. The molecule has 0 amide bonds. The molecule has 19 heavy (non-hydrogen) atoms. The Bertz CT molecular complexity index is 501. The standard InChI is InChI=1S/C16H18BrNO/c1-18-11-16(14-8-5-9-15(17)10-14)19-12-13-6-3-2-4-7-13/h2-10,16,18H,11-12H2,1H3. The van der Waals surface area contributed by atoms with Crippen molar-refractivity contribution in [1.82, 2.24) is 5.32 Å². The molecule has 3 heteroatoms. The minimum atomic E-state index is 0.0581. The van der Waals surface area contributed by atoms with E-state index >= 15 is 0 Å². The van der Waals surface area contributed by atoms with Crippen LogP contribution in [0.3, 0.4) is 0 Å². The van der Waals surface area contributed by atoms with E-state index in [1.54, 1.807) is 0 Å². The van der Waals surface area contributed by atoms with E-state index in [9.17, 15) is 0 Å². The zero-order valence-corrected chi connectivity index (χ0v) is 12.6. The molecule has 0 aromatic heterocycles. The number of hydrogen-bond acceptors (Lipinski definition) is 2. The number of hydrogen-bond donors (Lipinski definition) is 1. The predicted octanol–water partition coefficient (Wildman–Crippen LogP) is 3.93. The zero-order chi connectivity index (χ0) is 13.5. The maximum atomic E-state index is 6.03. The SMILES string of the molecule is CNCC(OCc1ccccc1)c1cccc(Br)c1. The lowest BCUT2D eigenvalue weighted by molar-refractivity contribution is 0.0410. The van der Waals surface area contributed by atoms with Crippen molar-refractivity contribution >= 4 is 15.9 Å². The topological polar surface area (TPSA) is 21.3 Å². The molecular formula is C16H18BrNO. The van der Waals surface area contributed by atoms with Gasteiger partial charge in [-0.2, -0.15) is 0 Å². The highest BCUT2D eigenvalue weighted by molar-refractivity contribution is 9.10. The second-order valence-corrected chi connectivity index (χ2v) is 5.31. The van der Waals surface area contributed by atoms with Crippen LogP contribution in [0.15, 0.2) is 59.1 Å². The molecule has 0 saturated heterocycles. The smallest absolute Gasteiger partial charge is 0.0954 e. The van der Waals surface area contributed by atoms with E-state index < -0.39 is 0 Å². The van der Waals surface area contributed by atoms with Crippen LogP contribution in [-0.2, 0) is 11.3 Å². The quantitative estimate of drug-likeness (QED) is 0.871. The summed E-state index contributed by atoms with van der Waals surface area (Å²) in [5, 5.41) is 3.18. The van der Waals surface area contributed by atoms with Gasteiger partial charge in [-0.1, -0.05) is 58.4 Å². The summed E-state index contributed by atoms with van der Waals surface area (Å²) in [5.74, 6) is 0. The Kier molecular flexibility index (Phi) is 5.58. The van der Waals surface area contributed by atoms with Crippen molar-refractivity contribution in [3.05, 3.63) is 70.2 Å². The fourth-order valence-corrected chi connectivity index (χ4v) is 2.35. The van der Waals surface area contributed by atoms with Gasteiger partial charge in [0.1, 0.15) is 0 Å². The van der Waals surface area contributed by atoms with E-state index in [1.165, 1.54) is 11.1 Å². The fourth-order valence-electron chi connectivity index (χ4n) is 1.94. The van der Waals surface area contributed by atoms with Crippen molar-refractivity contribution in [1.29, 1.82) is 0 Å². The van der Waals surface area contributed by atoms with Gasteiger partial charge in [-0.25, -0.2) is 0 Å². The Morgan fingerprint density at radius 2 is 1.89 bits per heavy atom.